The summed E-state index contributed by atoms with van der Waals surface area (Å²) in [5.41, 5.74) is 5.34. The van der Waals surface area contributed by atoms with E-state index in [9.17, 15) is 0 Å². The van der Waals surface area contributed by atoms with Gasteiger partial charge in [-0.25, -0.2) is 0 Å². The Morgan fingerprint density at radius 1 is 1.00 bits per heavy atom. The molecule has 0 spiro atoms. The molecule has 1 saturated carbocycles. The standard InChI is InChI=1S/C20H31N/c1-16(2)21-15-20(11-4-3-5-12-20)14-17-9-10-18-7-6-8-19(18)13-17/h9-10,13,16,21H,3-8,11-12,14-15H2,1-2H3. The predicted molar refractivity (Wildman–Crippen MR) is 90.8 cm³/mol. The summed E-state index contributed by atoms with van der Waals surface area (Å²) in [6.45, 7) is 5.74. The molecule has 0 aromatic heterocycles. The van der Waals surface area contributed by atoms with Crippen molar-refractivity contribution < 1.29 is 0 Å². The van der Waals surface area contributed by atoms with Crippen molar-refractivity contribution in [2.75, 3.05) is 6.54 Å². The van der Waals surface area contributed by atoms with E-state index in [2.05, 4.69) is 37.4 Å². The smallest absolute Gasteiger partial charge is 0.00134 e. The summed E-state index contributed by atoms with van der Waals surface area (Å²) in [5.74, 6) is 0. The fraction of sp³-hybridized carbons (Fsp3) is 0.700. The molecule has 0 saturated heterocycles. The van der Waals surface area contributed by atoms with Crippen LogP contribution in [0, 0.1) is 5.41 Å². The maximum absolute atomic E-state index is 3.73. The third-order valence-corrected chi connectivity index (χ3v) is 5.54. The molecule has 2 aliphatic rings. The number of hydrogen-bond acceptors (Lipinski definition) is 1. The van der Waals surface area contributed by atoms with Gasteiger partial charge in [-0.3, -0.25) is 0 Å². The molecule has 0 amide bonds. The predicted octanol–water partition coefficient (Wildman–Crippen LogP) is 4.67. The summed E-state index contributed by atoms with van der Waals surface area (Å²) in [7, 11) is 0. The van der Waals surface area contributed by atoms with Crippen LogP contribution in [0.25, 0.3) is 0 Å². The molecule has 1 aromatic rings. The molecule has 2 aliphatic carbocycles. The molecule has 1 nitrogen and oxygen atoms in total. The largest absolute Gasteiger partial charge is 0.314 e. The van der Waals surface area contributed by atoms with E-state index < -0.39 is 0 Å². The average molecular weight is 285 g/mol. The number of hydrogen-bond donors (Lipinski definition) is 1. The van der Waals surface area contributed by atoms with Gasteiger partial charge in [0.2, 0.25) is 0 Å². The van der Waals surface area contributed by atoms with Crippen molar-refractivity contribution in [1.82, 2.24) is 5.32 Å². The molecule has 0 atom stereocenters. The molecule has 1 aromatic carbocycles. The van der Waals surface area contributed by atoms with Gasteiger partial charge in [0.05, 0.1) is 0 Å². The molecule has 21 heavy (non-hydrogen) atoms. The summed E-state index contributed by atoms with van der Waals surface area (Å²) in [6.07, 6.45) is 12.3. The Balaban J connectivity index is 1.74. The molecule has 0 radical (unpaired) electrons. The zero-order chi connectivity index (χ0) is 14.7. The van der Waals surface area contributed by atoms with Gasteiger partial charge in [-0.1, -0.05) is 51.3 Å². The van der Waals surface area contributed by atoms with Gasteiger partial charge in [0.15, 0.2) is 0 Å². The van der Waals surface area contributed by atoms with Gasteiger partial charge in [0, 0.05) is 12.6 Å². The van der Waals surface area contributed by atoms with E-state index in [1.807, 2.05) is 0 Å². The number of aryl methyl sites for hydroxylation is 2. The average Bonchev–Trinajstić information content (AvgIpc) is 2.94. The Kier molecular flexibility index (Phi) is 4.69. The maximum atomic E-state index is 3.73. The van der Waals surface area contributed by atoms with Crippen LogP contribution in [0.5, 0.6) is 0 Å². The lowest BCUT2D eigenvalue weighted by Gasteiger charge is -2.38. The van der Waals surface area contributed by atoms with Crippen molar-refractivity contribution in [2.45, 2.75) is 77.7 Å². The fourth-order valence-corrected chi connectivity index (χ4v) is 4.31. The van der Waals surface area contributed by atoms with Gasteiger partial charge in [-0.2, -0.15) is 0 Å². The first-order valence-electron chi connectivity index (χ1n) is 9.01. The minimum Gasteiger partial charge on any atom is -0.314 e. The highest BCUT2D eigenvalue weighted by molar-refractivity contribution is 5.35. The summed E-state index contributed by atoms with van der Waals surface area (Å²) < 4.78 is 0. The summed E-state index contributed by atoms with van der Waals surface area (Å²) in [6, 6.07) is 7.94. The quantitative estimate of drug-likeness (QED) is 0.829. The van der Waals surface area contributed by atoms with Gasteiger partial charge in [-0.05, 0) is 60.6 Å². The molecule has 0 heterocycles. The van der Waals surface area contributed by atoms with Crippen molar-refractivity contribution in [3.05, 3.63) is 34.9 Å². The second-order valence-corrected chi connectivity index (χ2v) is 7.73. The van der Waals surface area contributed by atoms with Crippen LogP contribution >= 0.6 is 0 Å². The molecule has 0 unspecified atom stereocenters. The third kappa shape index (κ3) is 3.69. The first-order chi connectivity index (χ1) is 10.2. The SMILES string of the molecule is CC(C)NCC1(Cc2ccc3c(c2)CCC3)CCCCC1. The Morgan fingerprint density at radius 2 is 1.76 bits per heavy atom. The van der Waals surface area contributed by atoms with E-state index in [1.54, 1.807) is 16.7 Å². The van der Waals surface area contributed by atoms with Crippen LogP contribution in [-0.4, -0.2) is 12.6 Å². The Hall–Kier alpha value is -0.820. The van der Waals surface area contributed by atoms with E-state index in [-0.39, 0.29) is 0 Å². The van der Waals surface area contributed by atoms with E-state index in [1.165, 1.54) is 64.3 Å². The van der Waals surface area contributed by atoms with Crippen molar-refractivity contribution in [3.63, 3.8) is 0 Å². The van der Waals surface area contributed by atoms with Crippen molar-refractivity contribution in [3.8, 4) is 0 Å². The van der Waals surface area contributed by atoms with E-state index in [0.717, 1.165) is 0 Å². The van der Waals surface area contributed by atoms with E-state index in [0.29, 0.717) is 11.5 Å². The molecule has 116 valence electrons. The highest BCUT2D eigenvalue weighted by Crippen LogP contribution is 2.39. The van der Waals surface area contributed by atoms with Gasteiger partial charge >= 0.3 is 0 Å². The highest BCUT2D eigenvalue weighted by atomic mass is 14.9. The normalized spacial score (nSPS) is 20.7. The third-order valence-electron chi connectivity index (χ3n) is 5.54. The Labute approximate surface area is 130 Å². The minimum absolute atomic E-state index is 0.509. The topological polar surface area (TPSA) is 12.0 Å². The van der Waals surface area contributed by atoms with Crippen LogP contribution < -0.4 is 5.32 Å². The second kappa shape index (κ2) is 6.52. The summed E-state index contributed by atoms with van der Waals surface area (Å²) >= 11 is 0. The van der Waals surface area contributed by atoms with Crippen LogP contribution in [0.4, 0.5) is 0 Å². The monoisotopic (exact) mass is 285 g/mol. The molecule has 1 fully saturated rings. The summed E-state index contributed by atoms with van der Waals surface area (Å²) in [5, 5.41) is 3.73. The molecular weight excluding hydrogens is 254 g/mol. The molecule has 0 bridgehead atoms. The van der Waals surface area contributed by atoms with Crippen LogP contribution in [0.1, 0.15) is 69.1 Å². The molecule has 1 N–H and O–H groups in total. The lowest BCUT2D eigenvalue weighted by atomic mass is 9.70. The Bertz CT molecular complexity index is 469. The van der Waals surface area contributed by atoms with Crippen molar-refractivity contribution in [1.29, 1.82) is 0 Å². The van der Waals surface area contributed by atoms with Gasteiger partial charge in [0.25, 0.3) is 0 Å². The molecule has 0 aliphatic heterocycles. The lowest BCUT2D eigenvalue weighted by Crippen LogP contribution is -2.40. The zero-order valence-electron chi connectivity index (χ0n) is 13.9. The van der Waals surface area contributed by atoms with Crippen LogP contribution in [0.2, 0.25) is 0 Å². The number of fused-ring (bicyclic) bond motifs is 1. The van der Waals surface area contributed by atoms with Gasteiger partial charge in [-0.15, -0.1) is 0 Å². The van der Waals surface area contributed by atoms with E-state index >= 15 is 0 Å². The van der Waals surface area contributed by atoms with Crippen molar-refractivity contribution in [2.24, 2.45) is 5.41 Å². The molecule has 3 rings (SSSR count). The van der Waals surface area contributed by atoms with Crippen molar-refractivity contribution >= 4 is 0 Å². The van der Waals surface area contributed by atoms with Gasteiger partial charge in [0.1, 0.15) is 0 Å². The number of nitrogens with one attached hydrogen (secondary N) is 1. The Morgan fingerprint density at radius 3 is 2.52 bits per heavy atom. The first kappa shape index (κ1) is 15.1. The van der Waals surface area contributed by atoms with Gasteiger partial charge < -0.3 is 5.32 Å². The fourth-order valence-electron chi connectivity index (χ4n) is 4.31. The van der Waals surface area contributed by atoms with Crippen LogP contribution in [0.3, 0.4) is 0 Å². The second-order valence-electron chi connectivity index (χ2n) is 7.73. The molecule has 1 heteroatoms. The number of benzene rings is 1. The minimum atomic E-state index is 0.509. The number of rotatable bonds is 5. The maximum Gasteiger partial charge on any atom is 0.00134 e. The first-order valence-corrected chi connectivity index (χ1v) is 9.01. The lowest BCUT2D eigenvalue weighted by molar-refractivity contribution is 0.176. The van der Waals surface area contributed by atoms with Crippen LogP contribution in [0.15, 0.2) is 18.2 Å². The highest BCUT2D eigenvalue weighted by Gasteiger charge is 2.32. The van der Waals surface area contributed by atoms with E-state index in [4.69, 9.17) is 0 Å². The summed E-state index contributed by atoms with van der Waals surface area (Å²) in [4.78, 5) is 0. The zero-order valence-corrected chi connectivity index (χ0v) is 13.9. The molecular formula is C20H31N. The van der Waals surface area contributed by atoms with Crippen LogP contribution in [-0.2, 0) is 19.3 Å².